The molecule has 1 fully saturated rings. The first kappa shape index (κ1) is 19.3. The second-order valence-electron chi connectivity index (χ2n) is 8.00. The average molecular weight is 390 g/mol. The summed E-state index contributed by atoms with van der Waals surface area (Å²) in [5.41, 5.74) is 3.14. The molecule has 0 saturated heterocycles. The fourth-order valence-electron chi connectivity index (χ4n) is 3.77. The number of anilines is 2. The Labute approximate surface area is 171 Å². The van der Waals surface area contributed by atoms with Gasteiger partial charge in [-0.25, -0.2) is 15.0 Å². The van der Waals surface area contributed by atoms with E-state index < -0.39 is 0 Å². The number of benzene rings is 1. The van der Waals surface area contributed by atoms with E-state index in [1.54, 1.807) is 0 Å². The number of nitrogens with zero attached hydrogens (tertiary/aromatic N) is 3. The van der Waals surface area contributed by atoms with Crippen molar-refractivity contribution in [3.63, 3.8) is 0 Å². The summed E-state index contributed by atoms with van der Waals surface area (Å²) in [5, 5.41) is 7.35. The predicted molar refractivity (Wildman–Crippen MR) is 115 cm³/mol. The van der Waals surface area contributed by atoms with Crippen LogP contribution in [-0.2, 0) is 0 Å². The topological polar surface area (TPSA) is 79.8 Å². The van der Waals surface area contributed by atoms with E-state index in [4.69, 9.17) is 0 Å². The van der Waals surface area contributed by atoms with Crippen LogP contribution < -0.4 is 10.6 Å². The highest BCUT2D eigenvalue weighted by Gasteiger charge is 2.17. The molecule has 1 saturated carbocycles. The first-order valence-electron chi connectivity index (χ1n) is 10.4. The molecule has 4 rings (SSSR count). The second-order valence-corrected chi connectivity index (χ2v) is 8.00. The first-order valence-corrected chi connectivity index (χ1v) is 10.4. The second kappa shape index (κ2) is 8.55. The zero-order valence-corrected chi connectivity index (χ0v) is 17.0. The molecule has 1 aromatic carbocycles. The third-order valence-corrected chi connectivity index (χ3v) is 5.44. The number of rotatable bonds is 5. The molecular formula is C23H27N5O. The molecule has 0 atom stereocenters. The third kappa shape index (κ3) is 4.53. The average Bonchev–Trinajstić information content (AvgIpc) is 2.74. The Morgan fingerprint density at radius 1 is 1.07 bits per heavy atom. The van der Waals surface area contributed by atoms with Gasteiger partial charge in [0.05, 0.1) is 5.39 Å². The summed E-state index contributed by atoms with van der Waals surface area (Å²) < 4.78 is 0. The first-order chi connectivity index (χ1) is 14.1. The number of carbonyl (C=O) groups is 1. The summed E-state index contributed by atoms with van der Waals surface area (Å²) in [6.45, 7) is 4.22. The van der Waals surface area contributed by atoms with Crippen molar-refractivity contribution in [3.05, 3.63) is 54.0 Å². The molecular weight excluding hydrogens is 362 g/mol. The van der Waals surface area contributed by atoms with E-state index in [1.165, 1.54) is 25.6 Å². The monoisotopic (exact) mass is 389 g/mol. The fourth-order valence-corrected chi connectivity index (χ4v) is 3.77. The quantitative estimate of drug-likeness (QED) is 0.645. The number of hydrogen-bond donors (Lipinski definition) is 2. The molecule has 2 heterocycles. The molecule has 1 amide bonds. The van der Waals surface area contributed by atoms with Crippen LogP contribution >= 0.6 is 0 Å². The minimum Gasteiger partial charge on any atom is -0.349 e. The molecule has 150 valence electrons. The standard InChI is InChI=1S/C23H27N5O/c1-15(2)20-12-11-19-21(24-14-25-22(19)28-20)26-18-10-6-7-16(13-18)23(29)27-17-8-4-3-5-9-17/h6-7,10-15,17H,3-5,8-9H2,1-2H3,(H,27,29)(H,24,25,26,28). The Morgan fingerprint density at radius 3 is 2.69 bits per heavy atom. The van der Waals surface area contributed by atoms with E-state index in [9.17, 15) is 4.79 Å². The van der Waals surface area contributed by atoms with Gasteiger partial charge in [-0.2, -0.15) is 0 Å². The zero-order valence-electron chi connectivity index (χ0n) is 17.0. The summed E-state index contributed by atoms with van der Waals surface area (Å²) in [6.07, 6.45) is 7.32. The molecule has 0 bridgehead atoms. The normalized spacial score (nSPS) is 14.9. The van der Waals surface area contributed by atoms with Crippen LogP contribution in [0.3, 0.4) is 0 Å². The van der Waals surface area contributed by atoms with Gasteiger partial charge in [0.1, 0.15) is 12.1 Å². The minimum absolute atomic E-state index is 0.0173. The lowest BCUT2D eigenvalue weighted by atomic mass is 9.95. The van der Waals surface area contributed by atoms with Crippen molar-refractivity contribution in [2.75, 3.05) is 5.32 Å². The van der Waals surface area contributed by atoms with Crippen LogP contribution in [0.15, 0.2) is 42.7 Å². The Morgan fingerprint density at radius 2 is 1.90 bits per heavy atom. The highest BCUT2D eigenvalue weighted by Crippen LogP contribution is 2.25. The minimum atomic E-state index is -0.0173. The summed E-state index contributed by atoms with van der Waals surface area (Å²) in [7, 11) is 0. The molecule has 6 nitrogen and oxygen atoms in total. The molecule has 1 aliphatic rings. The van der Waals surface area contributed by atoms with E-state index in [0.717, 1.165) is 29.6 Å². The van der Waals surface area contributed by atoms with E-state index in [2.05, 4.69) is 39.4 Å². The van der Waals surface area contributed by atoms with Crippen molar-refractivity contribution < 1.29 is 4.79 Å². The number of aromatic nitrogens is 3. The number of fused-ring (bicyclic) bond motifs is 1. The van der Waals surface area contributed by atoms with Gasteiger partial charge in [0.2, 0.25) is 0 Å². The van der Waals surface area contributed by atoms with Gasteiger partial charge in [-0.1, -0.05) is 39.2 Å². The van der Waals surface area contributed by atoms with Crippen LogP contribution in [0.2, 0.25) is 0 Å². The van der Waals surface area contributed by atoms with Crippen LogP contribution in [0, 0.1) is 0 Å². The van der Waals surface area contributed by atoms with Crippen molar-refractivity contribution in [2.45, 2.75) is 57.9 Å². The van der Waals surface area contributed by atoms with Crippen LogP contribution in [0.4, 0.5) is 11.5 Å². The van der Waals surface area contributed by atoms with Gasteiger partial charge in [-0.15, -0.1) is 0 Å². The van der Waals surface area contributed by atoms with E-state index in [-0.39, 0.29) is 5.91 Å². The van der Waals surface area contributed by atoms with Gasteiger partial charge in [0.15, 0.2) is 5.65 Å². The predicted octanol–water partition coefficient (Wildman–Crippen LogP) is 4.95. The Hall–Kier alpha value is -3.02. The number of amides is 1. The van der Waals surface area contributed by atoms with Crippen molar-refractivity contribution in [1.29, 1.82) is 0 Å². The van der Waals surface area contributed by atoms with E-state index in [0.29, 0.717) is 29.0 Å². The van der Waals surface area contributed by atoms with Crippen molar-refractivity contribution >= 4 is 28.4 Å². The Kier molecular flexibility index (Phi) is 5.69. The molecule has 2 N–H and O–H groups in total. The van der Waals surface area contributed by atoms with Gasteiger partial charge < -0.3 is 10.6 Å². The molecule has 2 aromatic heterocycles. The van der Waals surface area contributed by atoms with Crippen molar-refractivity contribution in [3.8, 4) is 0 Å². The maximum absolute atomic E-state index is 12.7. The van der Waals surface area contributed by atoms with Gasteiger partial charge in [0, 0.05) is 23.0 Å². The number of carbonyl (C=O) groups excluding carboxylic acids is 1. The highest BCUT2D eigenvalue weighted by molar-refractivity contribution is 5.96. The van der Waals surface area contributed by atoms with Gasteiger partial charge in [-0.05, 0) is 49.1 Å². The lowest BCUT2D eigenvalue weighted by Crippen LogP contribution is -2.36. The van der Waals surface area contributed by atoms with Gasteiger partial charge in [0.25, 0.3) is 5.91 Å². The van der Waals surface area contributed by atoms with E-state index in [1.807, 2.05) is 36.4 Å². The lowest BCUT2D eigenvalue weighted by Gasteiger charge is -2.22. The van der Waals surface area contributed by atoms with Crippen LogP contribution in [0.25, 0.3) is 11.0 Å². The number of hydrogen-bond acceptors (Lipinski definition) is 5. The van der Waals surface area contributed by atoms with Gasteiger partial charge in [-0.3, -0.25) is 4.79 Å². The van der Waals surface area contributed by atoms with Crippen LogP contribution in [0.5, 0.6) is 0 Å². The van der Waals surface area contributed by atoms with E-state index >= 15 is 0 Å². The molecule has 1 aliphatic carbocycles. The SMILES string of the molecule is CC(C)c1ccc2c(Nc3cccc(C(=O)NC4CCCCC4)c3)ncnc2n1. The Balaban J connectivity index is 1.54. The molecule has 0 radical (unpaired) electrons. The maximum Gasteiger partial charge on any atom is 0.251 e. The summed E-state index contributed by atoms with van der Waals surface area (Å²) in [6, 6.07) is 11.8. The van der Waals surface area contributed by atoms with Crippen molar-refractivity contribution in [2.24, 2.45) is 0 Å². The molecule has 6 heteroatoms. The lowest BCUT2D eigenvalue weighted by molar-refractivity contribution is 0.0928. The molecule has 3 aromatic rings. The number of nitrogens with one attached hydrogen (secondary N) is 2. The van der Waals surface area contributed by atoms with Crippen molar-refractivity contribution in [1.82, 2.24) is 20.3 Å². The number of pyridine rings is 1. The summed E-state index contributed by atoms with van der Waals surface area (Å²) in [5.74, 6) is 1.00. The Bertz CT molecular complexity index is 1010. The molecule has 0 aliphatic heterocycles. The van der Waals surface area contributed by atoms with Crippen LogP contribution in [-0.4, -0.2) is 26.9 Å². The summed E-state index contributed by atoms with van der Waals surface area (Å²) >= 11 is 0. The molecule has 0 unspecified atom stereocenters. The molecule has 29 heavy (non-hydrogen) atoms. The molecule has 0 spiro atoms. The fraction of sp³-hybridized carbons (Fsp3) is 0.391. The smallest absolute Gasteiger partial charge is 0.251 e. The third-order valence-electron chi connectivity index (χ3n) is 5.44. The highest BCUT2D eigenvalue weighted by atomic mass is 16.1. The largest absolute Gasteiger partial charge is 0.349 e. The van der Waals surface area contributed by atoms with Gasteiger partial charge >= 0.3 is 0 Å². The maximum atomic E-state index is 12.7. The zero-order chi connectivity index (χ0) is 20.2. The van der Waals surface area contributed by atoms with Crippen LogP contribution in [0.1, 0.15) is 67.9 Å². The summed E-state index contributed by atoms with van der Waals surface area (Å²) in [4.78, 5) is 26.0.